The molecule has 0 aromatic carbocycles. The lowest BCUT2D eigenvalue weighted by Crippen LogP contribution is -2.51. The van der Waals surface area contributed by atoms with Gasteiger partial charge in [-0.3, -0.25) is 9.59 Å². The zero-order valence-corrected chi connectivity index (χ0v) is 15.0. The van der Waals surface area contributed by atoms with Gasteiger partial charge in [-0.25, -0.2) is 0 Å². The zero-order chi connectivity index (χ0) is 17.4. The molecule has 0 aromatic heterocycles. The normalized spacial score (nSPS) is 39.5. The van der Waals surface area contributed by atoms with E-state index < -0.39 is 0 Å². The second-order valence-electron chi connectivity index (χ2n) is 8.42. The number of amides is 2. The third-order valence-corrected chi connectivity index (χ3v) is 6.97. The predicted molar refractivity (Wildman–Crippen MR) is 93.6 cm³/mol. The van der Waals surface area contributed by atoms with Crippen LogP contribution in [0.3, 0.4) is 0 Å². The fourth-order valence-corrected chi connectivity index (χ4v) is 5.49. The molecule has 2 heterocycles. The van der Waals surface area contributed by atoms with Gasteiger partial charge in [0.1, 0.15) is 6.04 Å². The first-order valence-electron chi connectivity index (χ1n) is 10.1. The molecule has 2 bridgehead atoms. The van der Waals surface area contributed by atoms with Crippen LogP contribution in [0.1, 0.15) is 51.4 Å². The quantitative estimate of drug-likeness (QED) is 0.797. The summed E-state index contributed by atoms with van der Waals surface area (Å²) in [6, 6.07) is 0.232. The lowest BCUT2D eigenvalue weighted by molar-refractivity contribution is -0.137. The Bertz CT molecular complexity index is 506. The summed E-state index contributed by atoms with van der Waals surface area (Å²) in [5.41, 5.74) is 6.33. The van der Waals surface area contributed by atoms with Crippen molar-refractivity contribution in [2.45, 2.75) is 69.5 Å². The van der Waals surface area contributed by atoms with Crippen LogP contribution in [0.5, 0.6) is 0 Å². The molecule has 0 spiro atoms. The largest absolute Gasteiger partial charge is 0.381 e. The first-order valence-corrected chi connectivity index (χ1v) is 10.1. The van der Waals surface area contributed by atoms with Gasteiger partial charge < -0.3 is 20.7 Å². The minimum atomic E-state index is -0.328. The van der Waals surface area contributed by atoms with Crippen molar-refractivity contribution in [3.63, 3.8) is 0 Å². The first kappa shape index (κ1) is 17.3. The maximum atomic E-state index is 12.8. The number of carbonyl (C=O) groups excluding carboxylic acids is 2. The van der Waals surface area contributed by atoms with Crippen LogP contribution in [-0.4, -0.2) is 54.6 Å². The molecule has 140 valence electrons. The van der Waals surface area contributed by atoms with Crippen molar-refractivity contribution in [1.82, 2.24) is 10.2 Å². The molecule has 25 heavy (non-hydrogen) atoms. The molecule has 4 rings (SSSR count). The van der Waals surface area contributed by atoms with E-state index in [0.717, 1.165) is 64.7 Å². The molecule has 2 amide bonds. The molecule has 4 fully saturated rings. The minimum Gasteiger partial charge on any atom is -0.381 e. The molecule has 3 N–H and O–H groups in total. The van der Waals surface area contributed by atoms with Crippen LogP contribution >= 0.6 is 0 Å². The van der Waals surface area contributed by atoms with Crippen LogP contribution in [0.4, 0.5) is 0 Å². The molecule has 0 aromatic rings. The van der Waals surface area contributed by atoms with Crippen LogP contribution in [0, 0.1) is 17.8 Å². The van der Waals surface area contributed by atoms with Gasteiger partial charge in [0.25, 0.3) is 0 Å². The average Bonchev–Trinajstić information content (AvgIpc) is 2.96. The van der Waals surface area contributed by atoms with E-state index in [2.05, 4.69) is 5.32 Å². The van der Waals surface area contributed by atoms with Crippen LogP contribution in [0.15, 0.2) is 0 Å². The molecule has 2 saturated heterocycles. The van der Waals surface area contributed by atoms with Crippen molar-refractivity contribution in [2.75, 3.05) is 19.8 Å². The van der Waals surface area contributed by atoms with Gasteiger partial charge in [-0.15, -0.1) is 0 Å². The first-order chi connectivity index (χ1) is 12.1. The van der Waals surface area contributed by atoms with Crippen molar-refractivity contribution >= 4 is 11.8 Å². The molecule has 2 aliphatic carbocycles. The molecule has 3 unspecified atom stereocenters. The highest BCUT2D eigenvalue weighted by molar-refractivity contribution is 5.90. The summed E-state index contributed by atoms with van der Waals surface area (Å²) in [7, 11) is 0. The number of nitrogens with zero attached hydrogens (tertiary/aromatic N) is 1. The van der Waals surface area contributed by atoms with E-state index in [4.69, 9.17) is 10.5 Å². The summed E-state index contributed by atoms with van der Waals surface area (Å²) < 4.78 is 5.39. The summed E-state index contributed by atoms with van der Waals surface area (Å²) in [4.78, 5) is 27.5. The summed E-state index contributed by atoms with van der Waals surface area (Å²) in [5, 5.41) is 3.07. The lowest BCUT2D eigenvalue weighted by Gasteiger charge is -2.43. The second-order valence-corrected chi connectivity index (χ2v) is 8.42. The van der Waals surface area contributed by atoms with Gasteiger partial charge in [-0.05, 0) is 56.8 Å². The van der Waals surface area contributed by atoms with E-state index in [-0.39, 0.29) is 35.9 Å². The van der Waals surface area contributed by atoms with Crippen LogP contribution in [-0.2, 0) is 14.3 Å². The number of nitrogens with one attached hydrogen (secondary N) is 1. The van der Waals surface area contributed by atoms with Crippen LogP contribution < -0.4 is 11.1 Å². The average molecular weight is 349 g/mol. The standard InChI is InChI=1S/C19H31N3O3/c20-17-12-2-1-3-13(17)11-14(10-12)18(23)21-16-4-7-22(19(16)24)15-5-8-25-9-6-15/h12-17H,1-11,20H2,(H,21,23). The maximum absolute atomic E-state index is 12.8. The van der Waals surface area contributed by atoms with Gasteiger partial charge >= 0.3 is 0 Å². The molecule has 0 radical (unpaired) electrons. The minimum absolute atomic E-state index is 0.0417. The SMILES string of the molecule is NC1C2CCCC1CC(C(=O)NC1CCN(C3CCOCC3)C1=O)C2. The van der Waals surface area contributed by atoms with Crippen molar-refractivity contribution < 1.29 is 14.3 Å². The Morgan fingerprint density at radius 2 is 1.76 bits per heavy atom. The Hall–Kier alpha value is -1.14. The Morgan fingerprint density at radius 3 is 2.44 bits per heavy atom. The van der Waals surface area contributed by atoms with Crippen molar-refractivity contribution in [2.24, 2.45) is 23.5 Å². The smallest absolute Gasteiger partial charge is 0.245 e. The van der Waals surface area contributed by atoms with E-state index in [1.807, 2.05) is 4.90 Å². The Labute approximate surface area is 149 Å². The molecule has 3 atom stereocenters. The fraction of sp³-hybridized carbons (Fsp3) is 0.895. The van der Waals surface area contributed by atoms with Crippen molar-refractivity contribution in [3.8, 4) is 0 Å². The number of rotatable bonds is 3. The molecule has 2 aliphatic heterocycles. The lowest BCUT2D eigenvalue weighted by atomic mass is 9.65. The Morgan fingerprint density at radius 1 is 1.08 bits per heavy atom. The van der Waals surface area contributed by atoms with Gasteiger partial charge in [0.2, 0.25) is 11.8 Å². The number of fused-ring (bicyclic) bond motifs is 2. The number of carbonyl (C=O) groups is 2. The van der Waals surface area contributed by atoms with E-state index in [1.54, 1.807) is 0 Å². The van der Waals surface area contributed by atoms with E-state index in [1.165, 1.54) is 6.42 Å². The van der Waals surface area contributed by atoms with E-state index in [9.17, 15) is 9.59 Å². The van der Waals surface area contributed by atoms with Crippen LogP contribution in [0.2, 0.25) is 0 Å². The number of likely N-dealkylation sites (tertiary alicyclic amines) is 1. The van der Waals surface area contributed by atoms with Gasteiger partial charge in [0, 0.05) is 37.8 Å². The molecule has 4 aliphatic rings. The van der Waals surface area contributed by atoms with Gasteiger partial charge in [0.15, 0.2) is 0 Å². The third-order valence-electron chi connectivity index (χ3n) is 6.97. The van der Waals surface area contributed by atoms with Gasteiger partial charge in [0.05, 0.1) is 0 Å². The third kappa shape index (κ3) is 3.43. The zero-order valence-electron chi connectivity index (χ0n) is 15.0. The van der Waals surface area contributed by atoms with Crippen molar-refractivity contribution in [1.29, 1.82) is 0 Å². The highest BCUT2D eigenvalue weighted by Crippen LogP contribution is 2.42. The Balaban J connectivity index is 1.33. The molecule has 6 nitrogen and oxygen atoms in total. The highest BCUT2D eigenvalue weighted by Gasteiger charge is 2.42. The second kappa shape index (κ2) is 7.23. The van der Waals surface area contributed by atoms with Crippen molar-refractivity contribution in [3.05, 3.63) is 0 Å². The molecular formula is C19H31N3O3. The topological polar surface area (TPSA) is 84.7 Å². The summed E-state index contributed by atoms with van der Waals surface area (Å²) >= 11 is 0. The molecule has 2 saturated carbocycles. The van der Waals surface area contributed by atoms with E-state index >= 15 is 0 Å². The highest BCUT2D eigenvalue weighted by atomic mass is 16.5. The van der Waals surface area contributed by atoms with Gasteiger partial charge in [-0.1, -0.05) is 6.42 Å². The number of hydrogen-bond acceptors (Lipinski definition) is 4. The number of ether oxygens (including phenoxy) is 1. The molecule has 6 heteroatoms. The monoisotopic (exact) mass is 349 g/mol. The fourth-order valence-electron chi connectivity index (χ4n) is 5.49. The number of nitrogens with two attached hydrogens (primary N) is 1. The van der Waals surface area contributed by atoms with Gasteiger partial charge in [-0.2, -0.15) is 0 Å². The summed E-state index contributed by atoms with van der Waals surface area (Å²) in [6.45, 7) is 2.22. The number of hydrogen-bond donors (Lipinski definition) is 2. The summed E-state index contributed by atoms with van der Waals surface area (Å²) in [6.07, 6.45) is 7.91. The van der Waals surface area contributed by atoms with E-state index in [0.29, 0.717) is 11.8 Å². The Kier molecular flexibility index (Phi) is 5.00. The predicted octanol–water partition coefficient (Wildman–Crippen LogP) is 1.04. The van der Waals surface area contributed by atoms with Crippen LogP contribution in [0.25, 0.3) is 0 Å². The molecular weight excluding hydrogens is 318 g/mol. The summed E-state index contributed by atoms with van der Waals surface area (Å²) in [5.74, 6) is 1.20. The maximum Gasteiger partial charge on any atom is 0.245 e.